The average molecular weight is 1150 g/mol. The third-order valence-electron chi connectivity index (χ3n) is 17.5. The van der Waals surface area contributed by atoms with Crippen LogP contribution in [-0.2, 0) is 62.2 Å². The van der Waals surface area contributed by atoms with E-state index in [2.05, 4.69) is 23.5 Å². The molecule has 4 aliphatic heterocycles. The third kappa shape index (κ3) is 16.4. The van der Waals surface area contributed by atoms with Gasteiger partial charge in [0.2, 0.25) is 11.8 Å². The van der Waals surface area contributed by atoms with Gasteiger partial charge in [0.1, 0.15) is 5.78 Å². The second-order valence-electron chi connectivity index (χ2n) is 23.6. The van der Waals surface area contributed by atoms with Crippen LogP contribution in [0.5, 0.6) is 0 Å². The molecule has 454 valence electrons. The Morgan fingerprint density at radius 2 is 1.38 bits per heavy atom. The number of amides is 8. The molecule has 1 unspecified atom stereocenters. The van der Waals surface area contributed by atoms with Crippen LogP contribution in [0.25, 0.3) is 0 Å². The van der Waals surface area contributed by atoms with Crippen LogP contribution in [0.3, 0.4) is 0 Å². The zero-order valence-corrected chi connectivity index (χ0v) is 50.7. The highest BCUT2D eigenvalue weighted by Gasteiger charge is 2.63. The summed E-state index contributed by atoms with van der Waals surface area (Å²) in [6, 6.07) is 8.69. The van der Waals surface area contributed by atoms with E-state index in [-0.39, 0.29) is 96.1 Å². The van der Waals surface area contributed by atoms with Gasteiger partial charge < -0.3 is 24.0 Å². The van der Waals surface area contributed by atoms with Crippen LogP contribution >= 0.6 is 0 Å². The minimum Gasteiger partial charge on any atom is -0.452 e. The molecule has 20 nitrogen and oxygen atoms in total. The van der Waals surface area contributed by atoms with E-state index in [1.54, 1.807) is 26.2 Å². The van der Waals surface area contributed by atoms with Crippen molar-refractivity contribution >= 4 is 59.0 Å². The normalized spacial score (nSPS) is 22.3. The fourth-order valence-electron chi connectivity index (χ4n) is 12.5. The van der Waals surface area contributed by atoms with E-state index >= 15 is 0 Å². The number of ketones is 2. The number of rotatable bonds is 29. The summed E-state index contributed by atoms with van der Waals surface area (Å²) >= 11 is 0. The van der Waals surface area contributed by atoms with Gasteiger partial charge in [-0.2, -0.15) is 4.90 Å². The molecule has 0 aromatic heterocycles. The van der Waals surface area contributed by atoms with Gasteiger partial charge in [0.05, 0.1) is 55.9 Å². The van der Waals surface area contributed by atoms with Gasteiger partial charge in [-0.1, -0.05) is 98.1 Å². The Labute approximate surface area is 485 Å². The first-order valence-electron chi connectivity index (χ1n) is 29.5. The van der Waals surface area contributed by atoms with Gasteiger partial charge in [-0.25, -0.2) is 9.86 Å². The van der Waals surface area contributed by atoms with E-state index in [0.717, 1.165) is 76.2 Å². The van der Waals surface area contributed by atoms with E-state index in [1.165, 1.54) is 22.1 Å². The van der Waals surface area contributed by atoms with Crippen molar-refractivity contribution in [1.82, 2.24) is 29.6 Å². The number of ether oxygens (including phenoxy) is 3. The zero-order chi connectivity index (χ0) is 60.6. The van der Waals surface area contributed by atoms with E-state index in [9.17, 15) is 47.9 Å². The number of hydroxylamine groups is 2. The molecular formula is C62H92N6O14. The molecule has 8 amide bonds. The molecule has 1 saturated carbocycles. The van der Waals surface area contributed by atoms with Crippen LogP contribution in [0.1, 0.15) is 143 Å². The number of hydrogen-bond acceptors (Lipinski definition) is 15. The number of nitrogens with zero attached hydrogens (tertiary/aromatic N) is 6. The van der Waals surface area contributed by atoms with E-state index in [0.29, 0.717) is 50.5 Å². The molecule has 1 aliphatic carbocycles. The van der Waals surface area contributed by atoms with Crippen molar-refractivity contribution in [1.29, 1.82) is 0 Å². The van der Waals surface area contributed by atoms with Gasteiger partial charge in [0, 0.05) is 89.9 Å². The zero-order valence-electron chi connectivity index (χ0n) is 50.7. The number of methoxy groups -OCH3 is 3. The number of Topliss-reactive ketones (excluding diaryl/α,β-unsaturated/α-hetero) is 2. The number of carbonyl (C=O) groups is 10. The summed E-state index contributed by atoms with van der Waals surface area (Å²) in [5.41, 5.74) is 0.134. The largest absolute Gasteiger partial charge is 0.452 e. The lowest BCUT2D eigenvalue weighted by Gasteiger charge is -2.41. The van der Waals surface area contributed by atoms with Crippen molar-refractivity contribution in [2.24, 2.45) is 35.0 Å². The molecule has 10 atom stereocenters. The van der Waals surface area contributed by atoms with Gasteiger partial charge in [-0.05, 0) is 87.8 Å². The number of imide groups is 4. The molecule has 20 heteroatoms. The predicted octanol–water partition coefficient (Wildman–Crippen LogP) is 6.94. The van der Waals surface area contributed by atoms with Crippen LogP contribution in [-0.4, -0.2) is 187 Å². The summed E-state index contributed by atoms with van der Waals surface area (Å²) in [5, 5.41) is 1.48. The van der Waals surface area contributed by atoms with Crippen molar-refractivity contribution in [2.75, 3.05) is 68.2 Å². The first-order chi connectivity index (χ1) is 39.0. The lowest BCUT2D eigenvalue weighted by Crippen LogP contribution is -2.54. The van der Waals surface area contributed by atoms with Crippen molar-refractivity contribution < 1.29 is 67.0 Å². The lowest BCUT2D eigenvalue weighted by atomic mass is 9.83. The molecule has 0 radical (unpaired) electrons. The monoisotopic (exact) mass is 1140 g/mol. The molecular weight excluding hydrogens is 1050 g/mol. The molecule has 1 aromatic carbocycles. The number of unbranched alkanes of at least 4 members (excludes halogenated alkanes) is 3. The Kier molecular flexibility index (Phi) is 25.3. The SMILES string of the molecule is CC[C@H](C)[C@@H]([C@@H](CC(=O)N1CCC[C@H]1[C@H](OC)[C@@H](C)C(=O)CC1(C(=O)N2CCCCO2)C[C@@H]1c1ccccc1)OC)N(C)C(=O)[C@@H](CC(=O)[C@H](C(C)C)N(C)CCCCCCN1C(=O)C=CC1=O)C(C)C.COC(=O)N1C(=O)C=CC1=O. The first kappa shape index (κ1) is 66.8. The fourth-order valence-corrected chi connectivity index (χ4v) is 12.5. The Morgan fingerprint density at radius 1 is 0.744 bits per heavy atom. The maximum absolute atomic E-state index is 14.8. The minimum atomic E-state index is -0.954. The predicted molar refractivity (Wildman–Crippen MR) is 306 cm³/mol. The fraction of sp³-hybridized carbons (Fsp3) is 0.677. The highest BCUT2D eigenvalue weighted by molar-refractivity contribution is 6.21. The van der Waals surface area contributed by atoms with Crippen molar-refractivity contribution in [3.05, 3.63) is 60.2 Å². The number of likely N-dealkylation sites (tertiary alicyclic amines) is 1. The summed E-state index contributed by atoms with van der Waals surface area (Å²) in [6.45, 7) is 16.6. The maximum Gasteiger partial charge on any atom is 0.423 e. The molecule has 6 rings (SSSR count). The van der Waals surface area contributed by atoms with Gasteiger partial charge in [0.25, 0.3) is 29.5 Å². The number of likely N-dealkylation sites (N-methyl/N-ethyl adjacent to an activating group) is 2. The van der Waals surface area contributed by atoms with E-state index in [1.807, 2.05) is 76.9 Å². The molecule has 3 fully saturated rings. The van der Waals surface area contributed by atoms with Crippen LogP contribution in [0.15, 0.2) is 54.6 Å². The first-order valence-corrected chi connectivity index (χ1v) is 29.5. The van der Waals surface area contributed by atoms with Crippen LogP contribution < -0.4 is 0 Å². The molecule has 2 saturated heterocycles. The average Bonchev–Trinajstić information content (AvgIpc) is 3.67. The number of carbonyl (C=O) groups excluding carboxylic acids is 10. The quantitative estimate of drug-likeness (QED) is 0.0585. The van der Waals surface area contributed by atoms with Crippen LogP contribution in [0.4, 0.5) is 4.79 Å². The second kappa shape index (κ2) is 31.1. The second-order valence-corrected chi connectivity index (χ2v) is 23.6. The van der Waals surface area contributed by atoms with E-state index < -0.39 is 53.4 Å². The molecule has 82 heavy (non-hydrogen) atoms. The molecule has 4 heterocycles. The smallest absolute Gasteiger partial charge is 0.423 e. The van der Waals surface area contributed by atoms with Crippen LogP contribution in [0, 0.1) is 35.0 Å². The Hall–Kier alpha value is -5.96. The molecule has 0 N–H and O–H groups in total. The highest BCUT2D eigenvalue weighted by atomic mass is 16.7. The summed E-state index contributed by atoms with van der Waals surface area (Å²) in [5.74, 6) is -3.77. The maximum atomic E-state index is 14.8. The van der Waals surface area contributed by atoms with Gasteiger partial charge in [0.15, 0.2) is 5.78 Å². The third-order valence-corrected chi connectivity index (χ3v) is 17.5. The van der Waals surface area contributed by atoms with Crippen molar-refractivity contribution in [3.8, 4) is 0 Å². The summed E-state index contributed by atoms with van der Waals surface area (Å²) < 4.78 is 16.5. The van der Waals surface area contributed by atoms with Crippen molar-refractivity contribution in [3.63, 3.8) is 0 Å². The minimum absolute atomic E-state index is 0.0157. The summed E-state index contributed by atoms with van der Waals surface area (Å²) in [7, 11) is 8.01. The summed E-state index contributed by atoms with van der Waals surface area (Å²) in [4.78, 5) is 141. The Bertz CT molecular complexity index is 2440. The molecule has 0 bridgehead atoms. The van der Waals surface area contributed by atoms with Gasteiger partial charge in [-0.3, -0.25) is 57.8 Å². The standard InChI is InChI=1S/C56H87N5O10.C6H5NO4/c1-12-39(6)52(58(9)54(67)42(37(2)3)33-45(62)51(38(4)5)57(8)28-18-13-14-19-29-60-48(64)26-27-49(60)65)47(69-10)34-50(66)59-30-22-25-44(59)53(70-11)40(7)46(63)36-56(55(68)61-31-20-21-32-71-61)35-43(56)41-23-16-15-17-24-41;1-11-6(10)7-4(8)2-3-5(7)9/h15-17,23-24,26-27,37-40,42-44,47,51-53H,12-14,18-22,25,28-36H2,1-11H3;2-3H,1H3/t39-,40-,42-,43+,44-,47+,51-,52-,53+,56?;/m0./s1. The highest BCUT2D eigenvalue weighted by Crippen LogP contribution is 2.63. The number of hydrogen-bond donors (Lipinski definition) is 0. The lowest BCUT2D eigenvalue weighted by molar-refractivity contribution is -0.203. The van der Waals surface area contributed by atoms with Gasteiger partial charge >= 0.3 is 6.09 Å². The van der Waals surface area contributed by atoms with Crippen LogP contribution in [0.2, 0.25) is 0 Å². The summed E-state index contributed by atoms with van der Waals surface area (Å²) in [6.07, 6.45) is 10.4. The molecule has 1 aromatic rings. The van der Waals surface area contributed by atoms with Crippen molar-refractivity contribution in [2.45, 2.75) is 168 Å². The Morgan fingerprint density at radius 3 is 1.94 bits per heavy atom. The Balaban J connectivity index is 0.000000999. The molecule has 0 spiro atoms. The van der Waals surface area contributed by atoms with E-state index in [4.69, 9.17) is 14.3 Å². The number of benzene rings is 1. The topological polar surface area (TPSA) is 227 Å². The van der Waals surface area contributed by atoms with Gasteiger partial charge in [-0.15, -0.1) is 0 Å². The molecule has 5 aliphatic rings.